The quantitative estimate of drug-likeness (QED) is 0.415. The number of carbonyl (C=O) groups excluding carboxylic acids is 1. The van der Waals surface area contributed by atoms with E-state index in [-0.39, 0.29) is 5.91 Å². The third kappa shape index (κ3) is 3.14. The highest BCUT2D eigenvalue weighted by Crippen LogP contribution is 2.38. The van der Waals surface area contributed by atoms with E-state index in [4.69, 9.17) is 4.42 Å². The molecular weight excluding hydrogens is 402 g/mol. The molecule has 0 unspecified atom stereocenters. The van der Waals surface area contributed by atoms with E-state index in [0.717, 1.165) is 55.7 Å². The van der Waals surface area contributed by atoms with Crippen LogP contribution in [-0.4, -0.2) is 28.2 Å². The van der Waals surface area contributed by atoms with Crippen LogP contribution in [0.1, 0.15) is 27.3 Å². The molecule has 4 heterocycles. The molecule has 1 amide bonds. The van der Waals surface area contributed by atoms with Crippen molar-refractivity contribution in [2.24, 2.45) is 0 Å². The number of benzene rings is 1. The number of hydrogen-bond acceptors (Lipinski definition) is 6. The molecule has 4 aromatic rings. The maximum Gasteiger partial charge on any atom is 0.268 e. The molecule has 1 aliphatic rings. The van der Waals surface area contributed by atoms with Crippen LogP contribution in [-0.2, 0) is 0 Å². The Morgan fingerprint density at radius 1 is 1.14 bits per heavy atom. The normalized spacial score (nSPS) is 14.1. The second kappa shape index (κ2) is 7.31. The summed E-state index contributed by atoms with van der Waals surface area (Å²) in [6.45, 7) is 4.68. The van der Waals surface area contributed by atoms with Crippen LogP contribution in [0.3, 0.4) is 0 Å². The SMILES string of the molecule is Cc1nc(-c2ccco2)nc2sc(C(=O)N3CCCSc4ccccc43)c(C)c12. The van der Waals surface area contributed by atoms with Gasteiger partial charge < -0.3 is 9.32 Å². The summed E-state index contributed by atoms with van der Waals surface area (Å²) in [7, 11) is 0. The monoisotopic (exact) mass is 421 g/mol. The predicted molar refractivity (Wildman–Crippen MR) is 118 cm³/mol. The zero-order valence-electron chi connectivity index (χ0n) is 16.1. The first-order valence-corrected chi connectivity index (χ1v) is 11.3. The van der Waals surface area contributed by atoms with Crippen LogP contribution in [0.15, 0.2) is 52.0 Å². The molecule has 1 aromatic carbocycles. The highest BCUT2D eigenvalue weighted by atomic mass is 32.2. The van der Waals surface area contributed by atoms with Crippen molar-refractivity contribution in [1.29, 1.82) is 0 Å². The molecule has 0 aliphatic carbocycles. The number of aromatic nitrogens is 2. The smallest absolute Gasteiger partial charge is 0.268 e. The minimum absolute atomic E-state index is 0.0411. The molecule has 7 heteroatoms. The van der Waals surface area contributed by atoms with Gasteiger partial charge in [-0.15, -0.1) is 23.1 Å². The topological polar surface area (TPSA) is 59.2 Å². The number of aryl methyl sites for hydroxylation is 2. The Labute approximate surface area is 176 Å². The fourth-order valence-electron chi connectivity index (χ4n) is 3.72. The van der Waals surface area contributed by atoms with Crippen molar-refractivity contribution in [2.45, 2.75) is 25.2 Å². The molecule has 5 nitrogen and oxygen atoms in total. The van der Waals surface area contributed by atoms with Gasteiger partial charge in [0.25, 0.3) is 5.91 Å². The van der Waals surface area contributed by atoms with Gasteiger partial charge in [-0.3, -0.25) is 4.79 Å². The lowest BCUT2D eigenvalue weighted by Crippen LogP contribution is -2.31. The molecule has 29 heavy (non-hydrogen) atoms. The molecule has 1 aliphatic heterocycles. The van der Waals surface area contributed by atoms with Crippen molar-refractivity contribution in [3.63, 3.8) is 0 Å². The molecule has 0 bridgehead atoms. The van der Waals surface area contributed by atoms with Crippen molar-refractivity contribution >= 4 is 44.9 Å². The number of furan rings is 1. The molecule has 0 saturated heterocycles. The molecule has 146 valence electrons. The number of thioether (sulfide) groups is 1. The first-order chi connectivity index (χ1) is 14.1. The van der Waals surface area contributed by atoms with E-state index < -0.39 is 0 Å². The van der Waals surface area contributed by atoms with Gasteiger partial charge in [0, 0.05) is 16.8 Å². The molecular formula is C22H19N3O2S2. The standard InChI is InChI=1S/C22H19N3O2S2/c1-13-18-14(2)23-20(16-8-5-11-27-16)24-21(18)29-19(13)22(26)25-10-6-12-28-17-9-4-3-7-15(17)25/h3-5,7-9,11H,6,10,12H2,1-2H3. The maximum atomic E-state index is 13.6. The second-order valence-corrected chi connectivity index (χ2v) is 9.11. The molecule has 5 rings (SSSR count). The van der Waals surface area contributed by atoms with Crippen molar-refractivity contribution in [3.05, 3.63) is 58.8 Å². The van der Waals surface area contributed by atoms with Crippen LogP contribution >= 0.6 is 23.1 Å². The summed E-state index contributed by atoms with van der Waals surface area (Å²) in [6, 6.07) is 11.8. The zero-order valence-corrected chi connectivity index (χ0v) is 17.8. The highest BCUT2D eigenvalue weighted by Gasteiger charge is 2.27. The average molecular weight is 422 g/mol. The van der Waals surface area contributed by atoms with Crippen molar-refractivity contribution in [3.8, 4) is 11.6 Å². The lowest BCUT2D eigenvalue weighted by atomic mass is 10.1. The number of hydrogen-bond donors (Lipinski definition) is 0. The number of carbonyl (C=O) groups is 1. The fourth-order valence-corrected chi connectivity index (χ4v) is 5.90. The van der Waals surface area contributed by atoms with Crippen LogP contribution in [0.4, 0.5) is 5.69 Å². The largest absolute Gasteiger partial charge is 0.461 e. The number of nitrogens with zero attached hydrogens (tertiary/aromatic N) is 3. The summed E-state index contributed by atoms with van der Waals surface area (Å²) in [5.74, 6) is 2.24. The Hall–Kier alpha value is -2.64. The Balaban J connectivity index is 1.61. The van der Waals surface area contributed by atoms with Gasteiger partial charge in [0.2, 0.25) is 0 Å². The van der Waals surface area contributed by atoms with Crippen molar-refractivity contribution in [1.82, 2.24) is 9.97 Å². The average Bonchev–Trinajstić information content (AvgIpc) is 3.31. The van der Waals surface area contributed by atoms with Gasteiger partial charge in [-0.05, 0) is 55.9 Å². The van der Waals surface area contributed by atoms with Gasteiger partial charge in [0.15, 0.2) is 11.6 Å². The number of para-hydroxylation sites is 1. The molecule has 0 spiro atoms. The maximum absolute atomic E-state index is 13.6. The van der Waals surface area contributed by atoms with E-state index in [0.29, 0.717) is 11.6 Å². The molecule has 0 radical (unpaired) electrons. The summed E-state index contributed by atoms with van der Waals surface area (Å²) in [5.41, 5.74) is 2.81. The minimum Gasteiger partial charge on any atom is -0.461 e. The first kappa shape index (κ1) is 18.4. The first-order valence-electron chi connectivity index (χ1n) is 9.49. The predicted octanol–water partition coefficient (Wildman–Crippen LogP) is 5.71. The lowest BCUT2D eigenvalue weighted by molar-refractivity contribution is 0.0990. The van der Waals surface area contributed by atoms with E-state index in [1.165, 1.54) is 11.3 Å². The Morgan fingerprint density at radius 3 is 2.83 bits per heavy atom. The van der Waals surface area contributed by atoms with Crippen LogP contribution in [0, 0.1) is 13.8 Å². The van der Waals surface area contributed by atoms with E-state index in [2.05, 4.69) is 16.0 Å². The Bertz CT molecular complexity index is 1210. The van der Waals surface area contributed by atoms with Crippen LogP contribution < -0.4 is 4.90 Å². The van der Waals surface area contributed by atoms with E-state index in [1.807, 2.05) is 60.8 Å². The summed E-state index contributed by atoms with van der Waals surface area (Å²) in [6.07, 6.45) is 2.58. The van der Waals surface area contributed by atoms with Gasteiger partial charge in [-0.2, -0.15) is 0 Å². The van der Waals surface area contributed by atoms with Crippen molar-refractivity contribution in [2.75, 3.05) is 17.2 Å². The molecule has 3 aromatic heterocycles. The third-order valence-electron chi connectivity index (χ3n) is 5.09. The van der Waals surface area contributed by atoms with E-state index in [1.54, 1.807) is 6.26 Å². The Morgan fingerprint density at radius 2 is 2.00 bits per heavy atom. The number of fused-ring (bicyclic) bond motifs is 2. The minimum atomic E-state index is 0.0411. The third-order valence-corrected chi connectivity index (χ3v) is 7.41. The molecule has 0 atom stereocenters. The number of rotatable bonds is 2. The van der Waals surface area contributed by atoms with Crippen molar-refractivity contribution < 1.29 is 9.21 Å². The van der Waals surface area contributed by atoms with E-state index in [9.17, 15) is 4.79 Å². The van der Waals surface area contributed by atoms with E-state index >= 15 is 0 Å². The number of thiophene rings is 1. The van der Waals surface area contributed by atoms with Gasteiger partial charge in [0.1, 0.15) is 4.83 Å². The summed E-state index contributed by atoms with van der Waals surface area (Å²) >= 11 is 3.26. The number of amides is 1. The summed E-state index contributed by atoms with van der Waals surface area (Å²) < 4.78 is 5.46. The van der Waals surface area contributed by atoms with Gasteiger partial charge >= 0.3 is 0 Å². The summed E-state index contributed by atoms with van der Waals surface area (Å²) in [4.78, 5) is 27.5. The van der Waals surface area contributed by atoms with Gasteiger partial charge in [-0.1, -0.05) is 12.1 Å². The molecule has 0 saturated carbocycles. The second-order valence-electron chi connectivity index (χ2n) is 6.97. The fraction of sp³-hybridized carbons (Fsp3) is 0.227. The molecule has 0 fully saturated rings. The zero-order chi connectivity index (χ0) is 20.0. The Kier molecular flexibility index (Phi) is 4.64. The van der Waals surface area contributed by atoms with Crippen LogP contribution in [0.25, 0.3) is 21.8 Å². The van der Waals surface area contributed by atoms with Crippen LogP contribution in [0.5, 0.6) is 0 Å². The lowest BCUT2D eigenvalue weighted by Gasteiger charge is -2.22. The summed E-state index contributed by atoms with van der Waals surface area (Å²) in [5, 5.41) is 0.964. The van der Waals surface area contributed by atoms with Crippen LogP contribution in [0.2, 0.25) is 0 Å². The molecule has 0 N–H and O–H groups in total. The van der Waals surface area contributed by atoms with Gasteiger partial charge in [-0.25, -0.2) is 9.97 Å². The highest BCUT2D eigenvalue weighted by molar-refractivity contribution is 7.99. The van der Waals surface area contributed by atoms with Gasteiger partial charge in [0.05, 0.1) is 22.5 Å². The number of anilines is 1.